The molecular formula is C17H19ClN2O2. The molecule has 2 rings (SSSR count). The third-order valence-corrected chi connectivity index (χ3v) is 3.66. The number of aromatic nitrogens is 1. The number of pyridine rings is 1. The molecule has 0 saturated carbocycles. The van der Waals surface area contributed by atoms with Crippen molar-refractivity contribution >= 4 is 17.5 Å². The zero-order valence-corrected chi connectivity index (χ0v) is 13.0. The van der Waals surface area contributed by atoms with Crippen LogP contribution in [0.15, 0.2) is 48.7 Å². The lowest BCUT2D eigenvalue weighted by molar-refractivity contribution is -0.121. The molecule has 116 valence electrons. The Morgan fingerprint density at radius 3 is 2.73 bits per heavy atom. The SMILES string of the molecule is O=C(CCCc1ccccn1)NC[C@@H](O)c1ccccc1Cl. The molecule has 0 fully saturated rings. The van der Waals surface area contributed by atoms with Crippen LogP contribution in [0.25, 0.3) is 0 Å². The van der Waals surface area contributed by atoms with Gasteiger partial charge in [0.2, 0.25) is 5.91 Å². The van der Waals surface area contributed by atoms with E-state index < -0.39 is 6.10 Å². The number of aliphatic hydroxyl groups is 1. The van der Waals surface area contributed by atoms with Crippen LogP contribution in [0.3, 0.4) is 0 Å². The molecule has 0 aliphatic carbocycles. The molecule has 0 aliphatic rings. The van der Waals surface area contributed by atoms with Gasteiger partial charge in [-0.3, -0.25) is 9.78 Å². The molecule has 1 aromatic carbocycles. The number of aryl methyl sites for hydroxylation is 1. The van der Waals surface area contributed by atoms with Gasteiger partial charge in [0.1, 0.15) is 0 Å². The number of carbonyl (C=O) groups excluding carboxylic acids is 1. The van der Waals surface area contributed by atoms with Gasteiger partial charge in [-0.25, -0.2) is 0 Å². The molecule has 1 heterocycles. The van der Waals surface area contributed by atoms with Crippen molar-refractivity contribution < 1.29 is 9.90 Å². The Labute approximate surface area is 135 Å². The van der Waals surface area contributed by atoms with Crippen molar-refractivity contribution in [2.75, 3.05) is 6.54 Å². The van der Waals surface area contributed by atoms with Gasteiger partial charge in [0.25, 0.3) is 0 Å². The Hall–Kier alpha value is -1.91. The Balaban J connectivity index is 1.70. The van der Waals surface area contributed by atoms with Crippen molar-refractivity contribution in [1.29, 1.82) is 0 Å². The number of aliphatic hydroxyl groups excluding tert-OH is 1. The van der Waals surface area contributed by atoms with Crippen molar-refractivity contribution in [2.24, 2.45) is 0 Å². The van der Waals surface area contributed by atoms with Crippen LogP contribution in [0, 0.1) is 0 Å². The van der Waals surface area contributed by atoms with Crippen LogP contribution >= 0.6 is 11.6 Å². The quantitative estimate of drug-likeness (QED) is 0.825. The number of carbonyl (C=O) groups is 1. The summed E-state index contributed by atoms with van der Waals surface area (Å²) < 4.78 is 0. The first-order valence-corrected chi connectivity index (χ1v) is 7.63. The van der Waals surface area contributed by atoms with Crippen LogP contribution < -0.4 is 5.32 Å². The number of hydrogen-bond acceptors (Lipinski definition) is 3. The van der Waals surface area contributed by atoms with E-state index in [9.17, 15) is 9.90 Å². The molecule has 0 saturated heterocycles. The van der Waals surface area contributed by atoms with Gasteiger partial charge >= 0.3 is 0 Å². The van der Waals surface area contributed by atoms with Crippen molar-refractivity contribution in [2.45, 2.75) is 25.4 Å². The average Bonchev–Trinajstić information content (AvgIpc) is 2.54. The number of amides is 1. The Kier molecular flexibility index (Phi) is 6.37. The van der Waals surface area contributed by atoms with Crippen LogP contribution in [-0.4, -0.2) is 22.5 Å². The average molecular weight is 319 g/mol. The molecule has 2 aromatic rings. The topological polar surface area (TPSA) is 62.2 Å². The van der Waals surface area contributed by atoms with E-state index in [-0.39, 0.29) is 12.5 Å². The maximum atomic E-state index is 11.8. The lowest BCUT2D eigenvalue weighted by Crippen LogP contribution is -2.28. The Morgan fingerprint density at radius 2 is 2.00 bits per heavy atom. The highest BCUT2D eigenvalue weighted by Gasteiger charge is 2.12. The van der Waals surface area contributed by atoms with Gasteiger partial charge in [-0.05, 0) is 31.0 Å². The summed E-state index contributed by atoms with van der Waals surface area (Å²) in [5, 5.41) is 13.3. The standard InChI is InChI=1S/C17H19ClN2O2/c18-15-9-2-1-8-14(15)16(21)12-20-17(22)10-5-7-13-6-3-4-11-19-13/h1-4,6,8-9,11,16,21H,5,7,10,12H2,(H,20,22)/t16-/m1/s1. The normalized spacial score (nSPS) is 11.9. The summed E-state index contributed by atoms with van der Waals surface area (Å²) in [7, 11) is 0. The molecule has 0 radical (unpaired) electrons. The number of rotatable bonds is 7. The van der Waals surface area contributed by atoms with Gasteiger partial charge < -0.3 is 10.4 Å². The minimum Gasteiger partial charge on any atom is -0.387 e. The predicted molar refractivity (Wildman–Crippen MR) is 86.6 cm³/mol. The van der Waals surface area contributed by atoms with E-state index in [1.165, 1.54) is 0 Å². The molecule has 4 nitrogen and oxygen atoms in total. The fraction of sp³-hybridized carbons (Fsp3) is 0.294. The van der Waals surface area contributed by atoms with E-state index in [4.69, 9.17) is 11.6 Å². The molecule has 0 unspecified atom stereocenters. The molecule has 2 N–H and O–H groups in total. The van der Waals surface area contributed by atoms with E-state index in [0.29, 0.717) is 17.0 Å². The zero-order chi connectivity index (χ0) is 15.8. The summed E-state index contributed by atoms with van der Waals surface area (Å²) >= 11 is 6.01. The maximum Gasteiger partial charge on any atom is 0.220 e. The Bertz CT molecular complexity index is 605. The van der Waals surface area contributed by atoms with Crippen LogP contribution in [0.1, 0.15) is 30.2 Å². The zero-order valence-electron chi connectivity index (χ0n) is 12.2. The van der Waals surface area contributed by atoms with Crippen molar-refractivity contribution in [3.05, 3.63) is 64.9 Å². The number of hydrogen-bond donors (Lipinski definition) is 2. The largest absolute Gasteiger partial charge is 0.387 e. The first kappa shape index (κ1) is 16.5. The smallest absolute Gasteiger partial charge is 0.220 e. The van der Waals surface area contributed by atoms with Gasteiger partial charge in [-0.1, -0.05) is 35.9 Å². The second kappa shape index (κ2) is 8.51. The van der Waals surface area contributed by atoms with Crippen molar-refractivity contribution in [1.82, 2.24) is 10.3 Å². The first-order chi connectivity index (χ1) is 10.7. The molecule has 0 spiro atoms. The van der Waals surface area contributed by atoms with Gasteiger partial charge in [0, 0.05) is 35.4 Å². The second-order valence-corrected chi connectivity index (χ2v) is 5.42. The molecule has 0 aliphatic heterocycles. The summed E-state index contributed by atoms with van der Waals surface area (Å²) in [4.78, 5) is 16.0. The van der Waals surface area contributed by atoms with Crippen LogP contribution in [0.5, 0.6) is 0 Å². The maximum absolute atomic E-state index is 11.8. The van der Waals surface area contributed by atoms with Gasteiger partial charge in [-0.15, -0.1) is 0 Å². The summed E-state index contributed by atoms with van der Waals surface area (Å²) in [6, 6.07) is 12.8. The lowest BCUT2D eigenvalue weighted by atomic mass is 10.1. The highest BCUT2D eigenvalue weighted by molar-refractivity contribution is 6.31. The molecule has 5 heteroatoms. The number of nitrogens with one attached hydrogen (secondary N) is 1. The third-order valence-electron chi connectivity index (χ3n) is 3.32. The highest BCUT2D eigenvalue weighted by Crippen LogP contribution is 2.21. The summed E-state index contributed by atoms with van der Waals surface area (Å²) in [6.45, 7) is 0.159. The molecule has 0 bridgehead atoms. The molecular weight excluding hydrogens is 300 g/mol. The van der Waals surface area contributed by atoms with Crippen LogP contribution in [-0.2, 0) is 11.2 Å². The number of halogens is 1. The minimum absolute atomic E-state index is 0.0814. The van der Waals surface area contributed by atoms with E-state index in [0.717, 1.165) is 18.5 Å². The van der Waals surface area contributed by atoms with Gasteiger partial charge in [0.05, 0.1) is 6.10 Å². The van der Waals surface area contributed by atoms with Crippen molar-refractivity contribution in [3.8, 4) is 0 Å². The van der Waals surface area contributed by atoms with Crippen molar-refractivity contribution in [3.63, 3.8) is 0 Å². The number of nitrogens with zero attached hydrogens (tertiary/aromatic N) is 1. The van der Waals surface area contributed by atoms with Crippen LogP contribution in [0.4, 0.5) is 0 Å². The van der Waals surface area contributed by atoms with E-state index in [2.05, 4.69) is 10.3 Å². The minimum atomic E-state index is -0.798. The van der Waals surface area contributed by atoms with Crippen LogP contribution in [0.2, 0.25) is 5.02 Å². The summed E-state index contributed by atoms with van der Waals surface area (Å²) in [5.41, 5.74) is 1.60. The van der Waals surface area contributed by atoms with Gasteiger partial charge in [0.15, 0.2) is 0 Å². The van der Waals surface area contributed by atoms with E-state index in [1.807, 2.05) is 18.2 Å². The predicted octanol–water partition coefficient (Wildman–Crippen LogP) is 2.91. The molecule has 22 heavy (non-hydrogen) atoms. The number of benzene rings is 1. The fourth-order valence-electron chi connectivity index (χ4n) is 2.13. The Morgan fingerprint density at radius 1 is 1.23 bits per heavy atom. The van der Waals surface area contributed by atoms with E-state index >= 15 is 0 Å². The molecule has 1 aromatic heterocycles. The van der Waals surface area contributed by atoms with E-state index in [1.54, 1.807) is 30.5 Å². The molecule has 1 amide bonds. The third kappa shape index (κ3) is 5.13. The summed E-state index contributed by atoms with van der Waals surface area (Å²) in [6.07, 6.45) is 2.85. The van der Waals surface area contributed by atoms with Gasteiger partial charge in [-0.2, -0.15) is 0 Å². The fourth-order valence-corrected chi connectivity index (χ4v) is 2.39. The first-order valence-electron chi connectivity index (χ1n) is 7.26. The monoisotopic (exact) mass is 318 g/mol. The lowest BCUT2D eigenvalue weighted by Gasteiger charge is -2.13. The highest BCUT2D eigenvalue weighted by atomic mass is 35.5. The summed E-state index contributed by atoms with van der Waals surface area (Å²) in [5.74, 6) is -0.0814. The second-order valence-electron chi connectivity index (χ2n) is 5.02. The molecule has 1 atom stereocenters.